The number of benzene rings is 2. The SMILES string of the molecule is CC(N)C(=O)NC(C)C(=O)OCn1c(=O)ccc2ccc(OCCCCN3CCN(c4cccc(Cl)c4Cl)CC3)cc21. The van der Waals surface area contributed by atoms with Crippen molar-refractivity contribution in [3.8, 4) is 5.75 Å². The van der Waals surface area contributed by atoms with Gasteiger partial charge in [-0.2, -0.15) is 0 Å². The lowest BCUT2D eigenvalue weighted by Gasteiger charge is -2.36. The average Bonchev–Trinajstić information content (AvgIpc) is 2.98. The lowest BCUT2D eigenvalue weighted by Crippen LogP contribution is -2.46. The molecule has 1 aliphatic heterocycles. The molecule has 10 nitrogen and oxygen atoms in total. The summed E-state index contributed by atoms with van der Waals surface area (Å²) >= 11 is 12.6. The van der Waals surface area contributed by atoms with Crippen LogP contribution >= 0.6 is 23.2 Å². The zero-order valence-electron chi connectivity index (χ0n) is 23.9. The van der Waals surface area contributed by atoms with Crippen LogP contribution in [0.15, 0.2) is 53.3 Å². The quantitative estimate of drug-likeness (QED) is 0.233. The molecule has 2 heterocycles. The van der Waals surface area contributed by atoms with Crippen molar-refractivity contribution in [2.45, 2.75) is 45.5 Å². The number of ether oxygens (including phenoxy) is 2. The summed E-state index contributed by atoms with van der Waals surface area (Å²) in [5.74, 6) is -0.516. The predicted octanol–water partition coefficient (Wildman–Crippen LogP) is 3.64. The topological polar surface area (TPSA) is 119 Å². The van der Waals surface area contributed by atoms with Crippen LogP contribution in [-0.2, 0) is 21.1 Å². The van der Waals surface area contributed by atoms with Gasteiger partial charge in [0.05, 0.1) is 33.9 Å². The number of hydrogen-bond acceptors (Lipinski definition) is 8. The molecule has 1 aliphatic rings. The number of pyridine rings is 1. The maximum absolute atomic E-state index is 12.6. The van der Waals surface area contributed by atoms with E-state index in [0.29, 0.717) is 27.9 Å². The van der Waals surface area contributed by atoms with Gasteiger partial charge in [0.1, 0.15) is 11.8 Å². The molecule has 2 atom stereocenters. The second-order valence-electron chi connectivity index (χ2n) is 10.4. The molecule has 226 valence electrons. The van der Waals surface area contributed by atoms with Gasteiger partial charge in [0.2, 0.25) is 5.91 Å². The summed E-state index contributed by atoms with van der Waals surface area (Å²) in [7, 11) is 0. The summed E-state index contributed by atoms with van der Waals surface area (Å²) in [4.78, 5) is 41.5. The fourth-order valence-corrected chi connectivity index (χ4v) is 5.14. The van der Waals surface area contributed by atoms with Crippen molar-refractivity contribution >= 4 is 51.7 Å². The fourth-order valence-electron chi connectivity index (χ4n) is 4.72. The number of nitrogens with zero attached hydrogens (tertiary/aromatic N) is 3. The minimum atomic E-state index is -0.904. The van der Waals surface area contributed by atoms with Gasteiger partial charge in [0.15, 0.2) is 6.73 Å². The van der Waals surface area contributed by atoms with Crippen LogP contribution in [0.4, 0.5) is 5.69 Å². The van der Waals surface area contributed by atoms with Crippen molar-refractivity contribution < 1.29 is 19.1 Å². The van der Waals surface area contributed by atoms with Crippen molar-refractivity contribution in [3.63, 3.8) is 0 Å². The molecule has 0 spiro atoms. The van der Waals surface area contributed by atoms with Gasteiger partial charge in [-0.05, 0) is 69.0 Å². The van der Waals surface area contributed by atoms with Crippen molar-refractivity contribution in [3.05, 3.63) is 68.9 Å². The highest BCUT2D eigenvalue weighted by molar-refractivity contribution is 6.43. The van der Waals surface area contributed by atoms with Gasteiger partial charge in [-0.3, -0.25) is 19.1 Å². The second kappa shape index (κ2) is 14.7. The van der Waals surface area contributed by atoms with Gasteiger partial charge in [-0.25, -0.2) is 4.79 Å². The lowest BCUT2D eigenvalue weighted by atomic mass is 10.2. The summed E-state index contributed by atoms with van der Waals surface area (Å²) in [6, 6.07) is 12.7. The Bertz CT molecular complexity index is 1460. The second-order valence-corrected chi connectivity index (χ2v) is 11.2. The molecule has 42 heavy (non-hydrogen) atoms. The molecular formula is C30H37Cl2N5O5. The highest BCUT2D eigenvalue weighted by Gasteiger charge is 2.21. The number of unbranched alkanes of at least 4 members (excludes halogenated alkanes) is 1. The first-order valence-corrected chi connectivity index (χ1v) is 14.8. The third-order valence-corrected chi connectivity index (χ3v) is 8.02. The van der Waals surface area contributed by atoms with Crippen LogP contribution in [0, 0.1) is 0 Å². The molecule has 1 aromatic heterocycles. The Morgan fingerprint density at radius 2 is 1.76 bits per heavy atom. The molecule has 2 unspecified atom stereocenters. The average molecular weight is 619 g/mol. The summed E-state index contributed by atoms with van der Waals surface area (Å²) in [5, 5.41) is 4.46. The minimum Gasteiger partial charge on any atom is -0.494 e. The number of esters is 1. The molecule has 3 aromatic rings. The monoisotopic (exact) mass is 617 g/mol. The molecular weight excluding hydrogens is 581 g/mol. The number of carbonyl (C=O) groups excluding carboxylic acids is 2. The van der Waals surface area contributed by atoms with E-state index in [-0.39, 0.29) is 12.3 Å². The molecule has 2 aromatic carbocycles. The molecule has 1 amide bonds. The molecule has 0 saturated carbocycles. The maximum atomic E-state index is 12.6. The number of aromatic nitrogens is 1. The fraction of sp³-hybridized carbons (Fsp3) is 0.433. The van der Waals surface area contributed by atoms with Gasteiger partial charge >= 0.3 is 5.97 Å². The summed E-state index contributed by atoms with van der Waals surface area (Å²) in [5.41, 5.74) is 6.77. The van der Waals surface area contributed by atoms with Crippen LogP contribution in [0.1, 0.15) is 26.7 Å². The first-order chi connectivity index (χ1) is 20.1. The van der Waals surface area contributed by atoms with Crippen molar-refractivity contribution in [2.24, 2.45) is 5.73 Å². The van der Waals surface area contributed by atoms with Crippen LogP contribution in [0.5, 0.6) is 5.75 Å². The third kappa shape index (κ3) is 8.16. The zero-order valence-corrected chi connectivity index (χ0v) is 25.4. The standard InChI is InChI=1S/C30H37Cl2N5O5/c1-20(33)29(39)34-21(2)30(40)42-19-37-26-18-23(10-8-22(26)9-11-27(37)38)41-17-4-3-12-35-13-15-36(16-14-35)25-7-5-6-24(31)28(25)32/h5-11,18,20-21H,3-4,12-17,19,33H2,1-2H3,(H,34,39). The minimum absolute atomic E-state index is 0.298. The number of fused-ring (bicyclic) bond motifs is 1. The van der Waals surface area contributed by atoms with E-state index in [2.05, 4.69) is 15.1 Å². The van der Waals surface area contributed by atoms with E-state index >= 15 is 0 Å². The number of anilines is 1. The van der Waals surface area contributed by atoms with E-state index in [9.17, 15) is 14.4 Å². The van der Waals surface area contributed by atoms with E-state index < -0.39 is 24.0 Å². The number of nitrogens with one attached hydrogen (secondary N) is 1. The van der Waals surface area contributed by atoms with Crippen LogP contribution in [0.3, 0.4) is 0 Å². The van der Waals surface area contributed by atoms with Crippen LogP contribution < -0.4 is 26.2 Å². The first kappa shape index (κ1) is 31.6. The van der Waals surface area contributed by atoms with E-state index in [4.69, 9.17) is 38.4 Å². The van der Waals surface area contributed by atoms with Crippen LogP contribution in [0.25, 0.3) is 10.9 Å². The third-order valence-electron chi connectivity index (χ3n) is 7.21. The van der Waals surface area contributed by atoms with Gasteiger partial charge in [-0.15, -0.1) is 0 Å². The lowest BCUT2D eigenvalue weighted by molar-refractivity contribution is -0.151. The van der Waals surface area contributed by atoms with Gasteiger partial charge in [-0.1, -0.05) is 29.3 Å². The van der Waals surface area contributed by atoms with E-state index in [1.54, 1.807) is 18.2 Å². The molecule has 1 fully saturated rings. The van der Waals surface area contributed by atoms with E-state index in [1.807, 2.05) is 24.3 Å². The number of rotatable bonds is 12. The van der Waals surface area contributed by atoms with Crippen LogP contribution in [-0.4, -0.2) is 72.8 Å². The van der Waals surface area contributed by atoms with Crippen molar-refractivity contribution in [1.82, 2.24) is 14.8 Å². The Balaban J connectivity index is 1.24. The molecule has 1 saturated heterocycles. The smallest absolute Gasteiger partial charge is 0.330 e. The van der Waals surface area contributed by atoms with Gasteiger partial charge in [0, 0.05) is 38.3 Å². The van der Waals surface area contributed by atoms with Crippen molar-refractivity contribution in [1.29, 1.82) is 0 Å². The molecule has 0 aliphatic carbocycles. The Labute approximate surface area is 255 Å². The van der Waals surface area contributed by atoms with Crippen LogP contribution in [0.2, 0.25) is 10.0 Å². The predicted molar refractivity (Wildman–Crippen MR) is 165 cm³/mol. The number of amides is 1. The Hall–Kier alpha value is -3.31. The number of nitrogens with two attached hydrogens (primary N) is 1. The highest BCUT2D eigenvalue weighted by Crippen LogP contribution is 2.32. The first-order valence-electron chi connectivity index (χ1n) is 14.0. The largest absolute Gasteiger partial charge is 0.494 e. The molecule has 0 bridgehead atoms. The highest BCUT2D eigenvalue weighted by atomic mass is 35.5. The number of hydrogen-bond donors (Lipinski definition) is 2. The maximum Gasteiger partial charge on any atom is 0.330 e. The summed E-state index contributed by atoms with van der Waals surface area (Å²) in [6.45, 7) is 7.92. The number of halogens is 2. The molecule has 4 rings (SSSR count). The van der Waals surface area contributed by atoms with E-state index in [1.165, 1.54) is 24.5 Å². The molecule has 0 radical (unpaired) electrons. The number of piperazine rings is 1. The molecule has 3 N–H and O–H groups in total. The summed E-state index contributed by atoms with van der Waals surface area (Å²) in [6.07, 6.45) is 1.87. The van der Waals surface area contributed by atoms with E-state index in [0.717, 1.165) is 56.6 Å². The Morgan fingerprint density at radius 1 is 1.02 bits per heavy atom. The van der Waals surface area contributed by atoms with Gasteiger partial charge in [0.25, 0.3) is 5.56 Å². The Morgan fingerprint density at radius 3 is 2.50 bits per heavy atom. The van der Waals surface area contributed by atoms with Crippen molar-refractivity contribution in [2.75, 3.05) is 44.2 Å². The van der Waals surface area contributed by atoms with Gasteiger partial charge < -0.3 is 25.4 Å². The number of carbonyl (C=O) groups is 2. The zero-order chi connectivity index (χ0) is 30.2. The normalized spacial score (nSPS) is 15.3. The Kier molecular flexibility index (Phi) is 11.1. The molecule has 12 heteroatoms. The summed E-state index contributed by atoms with van der Waals surface area (Å²) < 4.78 is 12.7.